The number of aromatic amines is 1. The summed E-state index contributed by atoms with van der Waals surface area (Å²) < 4.78 is 0. The first kappa shape index (κ1) is 9.13. The van der Waals surface area contributed by atoms with Gasteiger partial charge in [0.05, 0.1) is 0 Å². The van der Waals surface area contributed by atoms with Crippen molar-refractivity contribution in [3.8, 4) is 0 Å². The van der Waals surface area contributed by atoms with E-state index in [1.165, 1.54) is 7.05 Å². The van der Waals surface area contributed by atoms with Gasteiger partial charge in [0, 0.05) is 7.05 Å². The molecule has 0 aliphatic rings. The number of rotatable bonds is 2. The summed E-state index contributed by atoms with van der Waals surface area (Å²) in [5, 5.41) is 11.4. The van der Waals surface area contributed by atoms with Gasteiger partial charge in [-0.25, -0.2) is 5.84 Å². The summed E-state index contributed by atoms with van der Waals surface area (Å²) in [6.45, 7) is 0. The van der Waals surface area contributed by atoms with Crippen molar-refractivity contribution in [1.82, 2.24) is 26.2 Å². The third-order valence-electron chi connectivity index (χ3n) is 1.34. The summed E-state index contributed by atoms with van der Waals surface area (Å²) in [5.74, 6) is 3.68. The Labute approximate surface area is 72.8 Å². The van der Waals surface area contributed by atoms with Crippen molar-refractivity contribution >= 4 is 11.8 Å². The van der Waals surface area contributed by atoms with Crippen LogP contribution < -0.4 is 16.6 Å². The number of amides is 2. The van der Waals surface area contributed by atoms with E-state index in [2.05, 4.69) is 20.7 Å². The standard InChI is InChI=1S/C5H8N6O2/c1-7-4(12)2-3(5(13)8-6)10-11-9-2/h6H2,1H3,(H,7,12)(H,8,13)(H,9,10,11). The predicted octanol–water partition coefficient (Wildman–Crippen LogP) is -2.23. The summed E-state index contributed by atoms with van der Waals surface area (Å²) in [6.07, 6.45) is 0. The summed E-state index contributed by atoms with van der Waals surface area (Å²) in [5.41, 5.74) is 1.62. The number of hydrazine groups is 1. The average Bonchev–Trinajstić information content (AvgIpc) is 2.63. The molecule has 0 bridgehead atoms. The Balaban J connectivity index is 3.02. The van der Waals surface area contributed by atoms with Crippen molar-refractivity contribution in [2.75, 3.05) is 7.05 Å². The second kappa shape index (κ2) is 3.63. The molecule has 0 unspecified atom stereocenters. The molecule has 0 aromatic carbocycles. The maximum absolute atomic E-state index is 11.1. The molecule has 1 rings (SSSR count). The number of carbonyl (C=O) groups is 2. The fraction of sp³-hybridized carbons (Fsp3) is 0.200. The summed E-state index contributed by atoms with van der Waals surface area (Å²) in [4.78, 5) is 22.0. The number of carbonyl (C=O) groups excluding carboxylic acids is 2. The van der Waals surface area contributed by atoms with Gasteiger partial charge in [0.2, 0.25) is 0 Å². The van der Waals surface area contributed by atoms with Gasteiger partial charge in [0.1, 0.15) is 0 Å². The van der Waals surface area contributed by atoms with Gasteiger partial charge in [-0.05, 0) is 0 Å². The minimum atomic E-state index is -0.674. The van der Waals surface area contributed by atoms with Crippen LogP contribution in [0.3, 0.4) is 0 Å². The van der Waals surface area contributed by atoms with E-state index >= 15 is 0 Å². The number of nitrogens with two attached hydrogens (primary N) is 1. The first-order valence-electron chi connectivity index (χ1n) is 3.34. The summed E-state index contributed by atoms with van der Waals surface area (Å²) >= 11 is 0. The molecule has 0 aliphatic carbocycles. The number of H-pyrrole nitrogens is 1. The fourth-order valence-corrected chi connectivity index (χ4v) is 0.734. The number of nitrogen functional groups attached to an aromatic ring is 1. The van der Waals surface area contributed by atoms with Crippen molar-refractivity contribution in [3.05, 3.63) is 11.4 Å². The zero-order chi connectivity index (χ0) is 9.84. The molecule has 1 aromatic heterocycles. The van der Waals surface area contributed by atoms with Crippen LogP contribution in [0.5, 0.6) is 0 Å². The topological polar surface area (TPSA) is 126 Å². The Kier molecular flexibility index (Phi) is 2.55. The molecule has 0 aliphatic heterocycles. The van der Waals surface area contributed by atoms with Crippen molar-refractivity contribution in [2.45, 2.75) is 0 Å². The lowest BCUT2D eigenvalue weighted by Gasteiger charge is -1.96. The van der Waals surface area contributed by atoms with Gasteiger partial charge >= 0.3 is 0 Å². The molecule has 13 heavy (non-hydrogen) atoms. The number of nitrogens with zero attached hydrogens (tertiary/aromatic N) is 2. The molecule has 1 heterocycles. The second-order valence-electron chi connectivity index (χ2n) is 2.07. The average molecular weight is 184 g/mol. The van der Waals surface area contributed by atoms with Crippen LogP contribution in [-0.4, -0.2) is 34.3 Å². The largest absolute Gasteiger partial charge is 0.354 e. The summed E-state index contributed by atoms with van der Waals surface area (Å²) in [6, 6.07) is 0. The first-order chi connectivity index (χ1) is 6.20. The Morgan fingerprint density at radius 3 is 2.31 bits per heavy atom. The quantitative estimate of drug-likeness (QED) is 0.235. The van der Waals surface area contributed by atoms with Crippen LogP contribution in [0.4, 0.5) is 0 Å². The minimum absolute atomic E-state index is 0.0922. The van der Waals surface area contributed by atoms with Crippen molar-refractivity contribution < 1.29 is 9.59 Å². The van der Waals surface area contributed by atoms with Crippen LogP contribution in [0, 0.1) is 0 Å². The zero-order valence-electron chi connectivity index (χ0n) is 6.79. The molecule has 2 amide bonds. The minimum Gasteiger partial charge on any atom is -0.354 e. The Morgan fingerprint density at radius 2 is 1.85 bits per heavy atom. The lowest BCUT2D eigenvalue weighted by atomic mass is 10.3. The molecule has 8 nitrogen and oxygen atoms in total. The van der Waals surface area contributed by atoms with E-state index in [1.807, 2.05) is 5.43 Å². The van der Waals surface area contributed by atoms with Crippen LogP contribution in [0.2, 0.25) is 0 Å². The van der Waals surface area contributed by atoms with Gasteiger partial charge in [-0.3, -0.25) is 15.0 Å². The normalized spacial score (nSPS) is 9.38. The maximum atomic E-state index is 11.1. The van der Waals surface area contributed by atoms with E-state index in [1.54, 1.807) is 0 Å². The SMILES string of the molecule is CNC(=O)c1n[nH]nc1C(=O)NN. The van der Waals surface area contributed by atoms with Gasteiger partial charge in [0.25, 0.3) is 11.8 Å². The second-order valence-corrected chi connectivity index (χ2v) is 2.07. The Morgan fingerprint density at radius 1 is 1.31 bits per heavy atom. The van der Waals surface area contributed by atoms with Gasteiger partial charge in [-0.15, -0.1) is 10.2 Å². The molecule has 70 valence electrons. The lowest BCUT2D eigenvalue weighted by molar-refractivity contribution is 0.0919. The van der Waals surface area contributed by atoms with E-state index in [-0.39, 0.29) is 11.4 Å². The lowest BCUT2D eigenvalue weighted by Crippen LogP contribution is -2.32. The molecular formula is C5H8N6O2. The highest BCUT2D eigenvalue weighted by Gasteiger charge is 2.20. The smallest absolute Gasteiger partial charge is 0.288 e. The van der Waals surface area contributed by atoms with E-state index < -0.39 is 11.8 Å². The maximum Gasteiger partial charge on any atom is 0.288 e. The van der Waals surface area contributed by atoms with Crippen molar-refractivity contribution in [3.63, 3.8) is 0 Å². The molecule has 8 heteroatoms. The Bertz CT molecular complexity index is 301. The van der Waals surface area contributed by atoms with Crippen LogP contribution in [0.1, 0.15) is 21.0 Å². The molecule has 0 fully saturated rings. The fourth-order valence-electron chi connectivity index (χ4n) is 0.734. The number of nitrogens with one attached hydrogen (secondary N) is 3. The van der Waals surface area contributed by atoms with E-state index in [4.69, 9.17) is 5.84 Å². The summed E-state index contributed by atoms with van der Waals surface area (Å²) in [7, 11) is 1.42. The third kappa shape index (κ3) is 1.62. The van der Waals surface area contributed by atoms with Gasteiger partial charge in [-0.2, -0.15) is 5.21 Å². The Hall–Kier alpha value is -1.96. The van der Waals surface area contributed by atoms with Gasteiger partial charge < -0.3 is 5.32 Å². The van der Waals surface area contributed by atoms with Crippen LogP contribution in [-0.2, 0) is 0 Å². The number of hydrogen-bond donors (Lipinski definition) is 4. The monoisotopic (exact) mass is 184 g/mol. The van der Waals surface area contributed by atoms with Gasteiger partial charge in [0.15, 0.2) is 11.4 Å². The van der Waals surface area contributed by atoms with E-state index in [0.717, 1.165) is 0 Å². The third-order valence-corrected chi connectivity index (χ3v) is 1.34. The van der Waals surface area contributed by atoms with Crippen LogP contribution >= 0.6 is 0 Å². The highest BCUT2D eigenvalue weighted by molar-refractivity contribution is 6.04. The molecule has 0 atom stereocenters. The molecule has 5 N–H and O–H groups in total. The molecule has 1 aromatic rings. The molecule has 0 radical (unpaired) electrons. The molecular weight excluding hydrogens is 176 g/mol. The predicted molar refractivity (Wildman–Crippen MR) is 41.4 cm³/mol. The molecule has 0 saturated carbocycles. The number of hydrogen-bond acceptors (Lipinski definition) is 5. The highest BCUT2D eigenvalue weighted by atomic mass is 16.2. The van der Waals surface area contributed by atoms with Crippen molar-refractivity contribution in [2.24, 2.45) is 5.84 Å². The van der Waals surface area contributed by atoms with E-state index in [0.29, 0.717) is 0 Å². The zero-order valence-corrected chi connectivity index (χ0v) is 6.79. The van der Waals surface area contributed by atoms with Crippen molar-refractivity contribution in [1.29, 1.82) is 0 Å². The van der Waals surface area contributed by atoms with Crippen LogP contribution in [0.25, 0.3) is 0 Å². The first-order valence-corrected chi connectivity index (χ1v) is 3.34. The number of aromatic nitrogens is 3. The van der Waals surface area contributed by atoms with Crippen LogP contribution in [0.15, 0.2) is 0 Å². The highest BCUT2D eigenvalue weighted by Crippen LogP contribution is 1.99. The van der Waals surface area contributed by atoms with E-state index in [9.17, 15) is 9.59 Å². The van der Waals surface area contributed by atoms with Gasteiger partial charge in [-0.1, -0.05) is 0 Å². The molecule has 0 saturated heterocycles. The molecule has 0 spiro atoms.